The molecule has 0 saturated heterocycles. The highest BCUT2D eigenvalue weighted by molar-refractivity contribution is 5.85. The van der Waals surface area contributed by atoms with E-state index in [2.05, 4.69) is 15.3 Å². The normalized spacial score (nSPS) is 24.1. The average Bonchev–Trinajstić information content (AvgIpc) is 2.90. The maximum Gasteiger partial charge on any atom is 0.326 e. The maximum atomic E-state index is 12.1. The van der Waals surface area contributed by atoms with Crippen molar-refractivity contribution in [3.8, 4) is 0 Å². The molecular formula is C13H20N4O3. The molecule has 1 saturated carbocycles. The summed E-state index contributed by atoms with van der Waals surface area (Å²) < 4.78 is 0. The first-order valence-electron chi connectivity index (χ1n) is 6.82. The highest BCUT2D eigenvalue weighted by atomic mass is 16.4. The van der Waals surface area contributed by atoms with Crippen molar-refractivity contribution in [1.82, 2.24) is 15.3 Å². The highest BCUT2D eigenvalue weighted by Crippen LogP contribution is 2.23. The molecule has 3 unspecified atom stereocenters. The van der Waals surface area contributed by atoms with Crippen molar-refractivity contribution < 1.29 is 14.7 Å². The minimum atomic E-state index is -1.05. The number of imidazole rings is 1. The van der Waals surface area contributed by atoms with Crippen LogP contribution in [0, 0.1) is 5.92 Å². The van der Waals surface area contributed by atoms with E-state index >= 15 is 0 Å². The van der Waals surface area contributed by atoms with Gasteiger partial charge in [0.25, 0.3) is 0 Å². The van der Waals surface area contributed by atoms with E-state index in [-0.39, 0.29) is 24.3 Å². The Morgan fingerprint density at radius 2 is 2.35 bits per heavy atom. The molecule has 20 heavy (non-hydrogen) atoms. The summed E-state index contributed by atoms with van der Waals surface area (Å²) in [5.41, 5.74) is 6.53. The molecule has 0 aromatic carbocycles. The first-order valence-corrected chi connectivity index (χ1v) is 6.82. The minimum Gasteiger partial charge on any atom is -0.480 e. The Kier molecular flexibility index (Phi) is 4.73. The molecule has 0 radical (unpaired) electrons. The Labute approximate surface area is 117 Å². The number of amides is 1. The quantitative estimate of drug-likeness (QED) is 0.606. The van der Waals surface area contributed by atoms with Gasteiger partial charge >= 0.3 is 5.97 Å². The molecule has 5 N–H and O–H groups in total. The third-order valence-corrected chi connectivity index (χ3v) is 3.68. The van der Waals surface area contributed by atoms with E-state index in [1.807, 2.05) is 0 Å². The van der Waals surface area contributed by atoms with E-state index in [1.165, 1.54) is 6.33 Å². The Bertz CT molecular complexity index is 460. The fourth-order valence-corrected chi connectivity index (χ4v) is 2.57. The number of carbonyl (C=O) groups excluding carboxylic acids is 1. The zero-order valence-electron chi connectivity index (χ0n) is 11.2. The van der Waals surface area contributed by atoms with Gasteiger partial charge in [-0.3, -0.25) is 4.79 Å². The lowest BCUT2D eigenvalue weighted by molar-refractivity contribution is -0.142. The van der Waals surface area contributed by atoms with Gasteiger partial charge in [-0.2, -0.15) is 0 Å². The second-order valence-electron chi connectivity index (χ2n) is 5.30. The summed E-state index contributed by atoms with van der Waals surface area (Å²) in [6, 6.07) is -0.906. The lowest BCUT2D eigenvalue weighted by Gasteiger charge is -2.26. The van der Waals surface area contributed by atoms with Crippen LogP contribution in [0.5, 0.6) is 0 Å². The summed E-state index contributed by atoms with van der Waals surface area (Å²) in [6.45, 7) is 0. The third kappa shape index (κ3) is 3.80. The van der Waals surface area contributed by atoms with Crippen molar-refractivity contribution in [1.29, 1.82) is 0 Å². The summed E-state index contributed by atoms with van der Waals surface area (Å²) in [5, 5.41) is 11.8. The molecule has 1 amide bonds. The first-order chi connectivity index (χ1) is 9.56. The fourth-order valence-electron chi connectivity index (χ4n) is 2.57. The van der Waals surface area contributed by atoms with Crippen LogP contribution in [0.1, 0.15) is 31.4 Å². The standard InChI is InChI=1S/C13H20N4O3/c14-9-3-1-2-8(4-9)12(18)17-11(13(19)20)5-10-6-15-7-16-10/h6-9,11H,1-5,14H2,(H,15,16)(H,17,18)(H,19,20). The van der Waals surface area contributed by atoms with Crippen LogP contribution in [-0.4, -0.2) is 39.0 Å². The van der Waals surface area contributed by atoms with Crippen molar-refractivity contribution in [3.05, 3.63) is 18.2 Å². The number of hydrogen-bond donors (Lipinski definition) is 4. The van der Waals surface area contributed by atoms with Crippen LogP contribution in [-0.2, 0) is 16.0 Å². The van der Waals surface area contributed by atoms with Gasteiger partial charge < -0.3 is 21.1 Å². The molecule has 1 heterocycles. The van der Waals surface area contributed by atoms with Crippen molar-refractivity contribution in [2.75, 3.05) is 0 Å². The van der Waals surface area contributed by atoms with Crippen LogP contribution in [0.2, 0.25) is 0 Å². The number of hydrogen-bond acceptors (Lipinski definition) is 4. The molecule has 1 aromatic rings. The number of carboxylic acid groups (broad SMARTS) is 1. The zero-order chi connectivity index (χ0) is 14.5. The van der Waals surface area contributed by atoms with Crippen LogP contribution in [0.4, 0.5) is 0 Å². The second-order valence-corrected chi connectivity index (χ2v) is 5.30. The monoisotopic (exact) mass is 280 g/mol. The zero-order valence-corrected chi connectivity index (χ0v) is 11.2. The number of nitrogens with one attached hydrogen (secondary N) is 2. The van der Waals surface area contributed by atoms with E-state index in [9.17, 15) is 14.7 Å². The second kappa shape index (κ2) is 6.51. The fraction of sp³-hybridized carbons (Fsp3) is 0.615. The Morgan fingerprint density at radius 1 is 1.55 bits per heavy atom. The van der Waals surface area contributed by atoms with Gasteiger partial charge in [0.15, 0.2) is 0 Å². The van der Waals surface area contributed by atoms with Crippen LogP contribution >= 0.6 is 0 Å². The molecule has 2 rings (SSSR count). The lowest BCUT2D eigenvalue weighted by Crippen LogP contribution is -2.46. The molecule has 1 aliphatic carbocycles. The minimum absolute atomic E-state index is 0.0374. The average molecular weight is 280 g/mol. The number of nitrogens with two attached hydrogens (primary N) is 1. The summed E-state index contributed by atoms with van der Waals surface area (Å²) in [4.78, 5) is 30.0. The van der Waals surface area contributed by atoms with Crippen LogP contribution in [0.25, 0.3) is 0 Å². The van der Waals surface area contributed by atoms with Gasteiger partial charge in [0.2, 0.25) is 5.91 Å². The number of aliphatic carboxylic acids is 1. The molecule has 0 aliphatic heterocycles. The molecule has 1 aromatic heterocycles. The van der Waals surface area contributed by atoms with Gasteiger partial charge in [0, 0.05) is 30.3 Å². The summed E-state index contributed by atoms with van der Waals surface area (Å²) in [5.74, 6) is -1.44. The molecule has 7 heteroatoms. The number of carbonyl (C=O) groups is 2. The molecule has 110 valence electrons. The molecular weight excluding hydrogens is 260 g/mol. The summed E-state index contributed by atoms with van der Waals surface area (Å²) in [7, 11) is 0. The number of aromatic amines is 1. The van der Waals surface area contributed by atoms with Crippen LogP contribution in [0.15, 0.2) is 12.5 Å². The summed E-state index contributed by atoms with van der Waals surface area (Å²) >= 11 is 0. The van der Waals surface area contributed by atoms with E-state index in [0.29, 0.717) is 12.1 Å². The lowest BCUT2D eigenvalue weighted by atomic mass is 9.85. The Morgan fingerprint density at radius 3 is 2.95 bits per heavy atom. The van der Waals surface area contributed by atoms with Crippen molar-refractivity contribution in [2.45, 2.75) is 44.2 Å². The van der Waals surface area contributed by atoms with Crippen molar-refractivity contribution in [2.24, 2.45) is 11.7 Å². The topological polar surface area (TPSA) is 121 Å². The van der Waals surface area contributed by atoms with Gasteiger partial charge in [0.05, 0.1) is 6.33 Å². The molecule has 3 atom stereocenters. The smallest absolute Gasteiger partial charge is 0.326 e. The Balaban J connectivity index is 1.93. The van der Waals surface area contributed by atoms with E-state index < -0.39 is 12.0 Å². The molecule has 7 nitrogen and oxygen atoms in total. The Hall–Kier alpha value is -1.89. The van der Waals surface area contributed by atoms with Gasteiger partial charge in [0.1, 0.15) is 6.04 Å². The van der Waals surface area contributed by atoms with Gasteiger partial charge in [-0.05, 0) is 19.3 Å². The number of nitrogens with zero attached hydrogens (tertiary/aromatic N) is 1. The largest absolute Gasteiger partial charge is 0.480 e. The van der Waals surface area contributed by atoms with Gasteiger partial charge in [-0.25, -0.2) is 9.78 Å². The number of rotatable bonds is 5. The number of H-pyrrole nitrogens is 1. The van der Waals surface area contributed by atoms with Gasteiger partial charge in [-0.15, -0.1) is 0 Å². The molecule has 1 aliphatic rings. The van der Waals surface area contributed by atoms with E-state index in [4.69, 9.17) is 5.73 Å². The molecule has 1 fully saturated rings. The summed E-state index contributed by atoms with van der Waals surface area (Å²) in [6.07, 6.45) is 6.48. The predicted octanol–water partition coefficient (Wildman–Crippen LogP) is 0.0391. The third-order valence-electron chi connectivity index (χ3n) is 3.68. The van der Waals surface area contributed by atoms with Crippen molar-refractivity contribution in [3.63, 3.8) is 0 Å². The van der Waals surface area contributed by atoms with Crippen LogP contribution < -0.4 is 11.1 Å². The van der Waals surface area contributed by atoms with E-state index in [0.717, 1.165) is 19.3 Å². The highest BCUT2D eigenvalue weighted by Gasteiger charge is 2.29. The predicted molar refractivity (Wildman–Crippen MR) is 71.8 cm³/mol. The van der Waals surface area contributed by atoms with Crippen molar-refractivity contribution >= 4 is 11.9 Å². The number of carboxylic acids is 1. The van der Waals surface area contributed by atoms with E-state index in [1.54, 1.807) is 6.20 Å². The van der Waals surface area contributed by atoms with Crippen LogP contribution in [0.3, 0.4) is 0 Å². The molecule has 0 bridgehead atoms. The number of aromatic nitrogens is 2. The SMILES string of the molecule is NC1CCCC(C(=O)NC(Cc2cnc[nH]2)C(=O)O)C1. The molecule has 0 spiro atoms. The maximum absolute atomic E-state index is 12.1. The first kappa shape index (κ1) is 14.5. The van der Waals surface area contributed by atoms with Gasteiger partial charge in [-0.1, -0.05) is 6.42 Å².